The Kier molecular flexibility index (Phi) is 11.9. The van der Waals surface area contributed by atoms with Gasteiger partial charge in [0.05, 0.1) is 0 Å². The number of carbonyl (C=O) groups is 1. The molecule has 0 aliphatic heterocycles. The number of nitrogens with two attached hydrogens (primary N) is 1. The molecule has 0 amide bonds. The number of esters is 1. The highest BCUT2D eigenvalue weighted by atomic mass is 35.5. The van der Waals surface area contributed by atoms with Gasteiger partial charge in [-0.25, -0.2) is 0 Å². The molecular weight excluding hydrogens is 270 g/mol. The first kappa shape index (κ1) is 20.5. The normalized spacial score (nSPS) is 12.2. The lowest BCUT2D eigenvalue weighted by molar-refractivity contribution is -0.158. The van der Waals surface area contributed by atoms with E-state index in [-0.39, 0.29) is 25.1 Å². The second-order valence-corrected chi connectivity index (χ2v) is 5.00. The Morgan fingerprint density at radius 2 is 2.05 bits per heavy atom. The van der Waals surface area contributed by atoms with Crippen molar-refractivity contribution in [1.29, 1.82) is 5.41 Å². The molecule has 0 spiro atoms. The van der Waals surface area contributed by atoms with Crippen molar-refractivity contribution < 1.29 is 14.3 Å². The first-order valence-electron chi connectivity index (χ1n) is 6.17. The van der Waals surface area contributed by atoms with Crippen molar-refractivity contribution in [2.24, 2.45) is 5.73 Å². The summed E-state index contributed by atoms with van der Waals surface area (Å²) in [6, 6.07) is -0.421. The minimum Gasteiger partial charge on any atom is -0.468 e. The molecule has 0 aromatic carbocycles. The van der Waals surface area contributed by atoms with E-state index in [1.807, 2.05) is 20.8 Å². The predicted octanol–water partition coefficient (Wildman–Crippen LogP) is 1.42. The molecule has 0 rings (SSSR count). The lowest BCUT2D eigenvalue weighted by Gasteiger charge is -2.24. The Balaban J connectivity index is 0. The van der Waals surface area contributed by atoms with Crippen LogP contribution in [0, 0.1) is 5.41 Å². The van der Waals surface area contributed by atoms with Gasteiger partial charge in [-0.2, -0.15) is 0 Å². The van der Waals surface area contributed by atoms with Gasteiger partial charge in [0, 0.05) is 0 Å². The molecule has 1 atom stereocenters. The number of hydrogen-bond donors (Lipinski definition) is 3. The maximum atomic E-state index is 11.9. The third kappa shape index (κ3) is 11.9. The molecular formula is C12H26ClN3O3. The minimum absolute atomic E-state index is 0. The molecule has 4 N–H and O–H groups in total. The van der Waals surface area contributed by atoms with Gasteiger partial charge in [-0.1, -0.05) is 6.42 Å². The Morgan fingerprint density at radius 1 is 1.42 bits per heavy atom. The van der Waals surface area contributed by atoms with Crippen molar-refractivity contribution in [3.63, 3.8) is 0 Å². The summed E-state index contributed by atoms with van der Waals surface area (Å²) >= 11 is 0. The molecule has 0 fully saturated rings. The number of nitrogens with one attached hydrogen (secondary N) is 2. The van der Waals surface area contributed by atoms with Gasteiger partial charge in [0.25, 0.3) is 0 Å². The van der Waals surface area contributed by atoms with E-state index in [2.05, 4.69) is 5.32 Å². The minimum atomic E-state index is -0.507. The van der Waals surface area contributed by atoms with Crippen LogP contribution in [-0.4, -0.2) is 37.3 Å². The summed E-state index contributed by atoms with van der Waals surface area (Å²) in [6.07, 6.45) is 3.19. The fraction of sp³-hybridized carbons (Fsp3) is 0.833. The van der Waals surface area contributed by atoms with Gasteiger partial charge < -0.3 is 15.2 Å². The molecule has 6 nitrogen and oxygen atoms in total. The molecule has 0 saturated carbocycles. The van der Waals surface area contributed by atoms with Gasteiger partial charge in [-0.3, -0.25) is 15.5 Å². The topological polar surface area (TPSA) is 97.4 Å². The SMILES string of the molecule is CC(C)(C)OC(=O)[C@H](CCCCN)NCOC=N.Cl. The first-order valence-corrected chi connectivity index (χ1v) is 6.17. The van der Waals surface area contributed by atoms with E-state index < -0.39 is 11.6 Å². The molecule has 19 heavy (non-hydrogen) atoms. The van der Waals surface area contributed by atoms with Crippen LogP contribution in [-0.2, 0) is 14.3 Å². The highest BCUT2D eigenvalue weighted by molar-refractivity contribution is 5.85. The molecule has 0 aromatic rings. The Morgan fingerprint density at radius 3 is 2.53 bits per heavy atom. The van der Waals surface area contributed by atoms with Gasteiger partial charge in [0.1, 0.15) is 18.4 Å². The smallest absolute Gasteiger partial charge is 0.323 e. The highest BCUT2D eigenvalue weighted by Gasteiger charge is 2.24. The van der Waals surface area contributed by atoms with E-state index >= 15 is 0 Å². The fourth-order valence-corrected chi connectivity index (χ4v) is 1.36. The standard InChI is InChI=1S/C12H25N3O3.ClH/c1-12(2,3)18-11(16)10(6-4-5-7-13)15-9-17-8-14;/h8,10,14-15H,4-7,9,13H2,1-3H3;1H/t10-;/m0./s1. The molecule has 0 heterocycles. The number of halogens is 1. The largest absolute Gasteiger partial charge is 0.468 e. The van der Waals surface area contributed by atoms with E-state index in [1.54, 1.807) is 0 Å². The van der Waals surface area contributed by atoms with E-state index in [9.17, 15) is 4.79 Å². The highest BCUT2D eigenvalue weighted by Crippen LogP contribution is 2.11. The zero-order valence-electron chi connectivity index (χ0n) is 11.9. The number of unbranched alkanes of at least 4 members (excludes halogenated alkanes) is 1. The monoisotopic (exact) mass is 295 g/mol. The van der Waals surface area contributed by atoms with Crippen LogP contribution in [0.3, 0.4) is 0 Å². The molecule has 0 aromatic heterocycles. The lowest BCUT2D eigenvalue weighted by atomic mass is 10.1. The quantitative estimate of drug-likeness (QED) is 0.196. The number of rotatable bonds is 9. The average Bonchev–Trinajstić information content (AvgIpc) is 2.25. The van der Waals surface area contributed by atoms with E-state index in [4.69, 9.17) is 20.6 Å². The molecule has 7 heteroatoms. The van der Waals surface area contributed by atoms with Gasteiger partial charge in [-0.15, -0.1) is 12.4 Å². The summed E-state index contributed by atoms with van der Waals surface area (Å²) in [6.45, 7) is 6.22. The van der Waals surface area contributed by atoms with Crippen LogP contribution in [0.25, 0.3) is 0 Å². The van der Waals surface area contributed by atoms with Crippen LogP contribution in [0.15, 0.2) is 0 Å². The van der Waals surface area contributed by atoms with E-state index in [0.29, 0.717) is 13.0 Å². The van der Waals surface area contributed by atoms with E-state index in [0.717, 1.165) is 19.2 Å². The van der Waals surface area contributed by atoms with Crippen LogP contribution in [0.1, 0.15) is 40.0 Å². The van der Waals surface area contributed by atoms with Crippen molar-refractivity contribution in [2.45, 2.75) is 51.7 Å². The summed E-state index contributed by atoms with van der Waals surface area (Å²) in [7, 11) is 0. The second kappa shape index (κ2) is 11.0. The number of ether oxygens (including phenoxy) is 2. The molecule has 0 aliphatic rings. The second-order valence-electron chi connectivity index (χ2n) is 5.00. The van der Waals surface area contributed by atoms with Crippen molar-refractivity contribution >= 4 is 24.8 Å². The van der Waals surface area contributed by atoms with Crippen LogP contribution in [0.5, 0.6) is 0 Å². The van der Waals surface area contributed by atoms with Crippen molar-refractivity contribution in [1.82, 2.24) is 5.32 Å². The van der Waals surface area contributed by atoms with Crippen molar-refractivity contribution in [3.8, 4) is 0 Å². The Hall–Kier alpha value is -0.850. The third-order valence-electron chi connectivity index (χ3n) is 2.13. The van der Waals surface area contributed by atoms with Crippen LogP contribution >= 0.6 is 12.4 Å². The summed E-state index contributed by atoms with van der Waals surface area (Å²) in [5.41, 5.74) is 4.92. The van der Waals surface area contributed by atoms with Gasteiger partial charge in [0.2, 0.25) is 0 Å². The lowest BCUT2D eigenvalue weighted by Crippen LogP contribution is -2.42. The van der Waals surface area contributed by atoms with E-state index in [1.165, 1.54) is 0 Å². The fourth-order valence-electron chi connectivity index (χ4n) is 1.36. The summed E-state index contributed by atoms with van der Waals surface area (Å²) in [5.74, 6) is -0.298. The van der Waals surface area contributed by atoms with Gasteiger partial charge in [-0.05, 0) is 40.2 Å². The molecule has 0 bridgehead atoms. The summed E-state index contributed by atoms with van der Waals surface area (Å²) < 4.78 is 10.1. The van der Waals surface area contributed by atoms with Crippen molar-refractivity contribution in [3.05, 3.63) is 0 Å². The maximum absolute atomic E-state index is 11.9. The predicted molar refractivity (Wildman–Crippen MR) is 77.7 cm³/mol. The summed E-state index contributed by atoms with van der Waals surface area (Å²) in [5, 5.41) is 9.66. The molecule has 0 unspecified atom stereocenters. The van der Waals surface area contributed by atoms with Gasteiger partial charge in [0.15, 0.2) is 6.40 Å². The van der Waals surface area contributed by atoms with Crippen LogP contribution in [0.2, 0.25) is 0 Å². The number of hydrogen-bond acceptors (Lipinski definition) is 6. The van der Waals surface area contributed by atoms with Gasteiger partial charge >= 0.3 is 5.97 Å². The molecule has 0 aliphatic carbocycles. The molecule has 0 radical (unpaired) electrons. The summed E-state index contributed by atoms with van der Waals surface area (Å²) in [4.78, 5) is 11.9. The Bertz CT molecular complexity index is 257. The maximum Gasteiger partial charge on any atom is 0.323 e. The molecule has 114 valence electrons. The van der Waals surface area contributed by atoms with Crippen molar-refractivity contribution in [2.75, 3.05) is 13.3 Å². The third-order valence-corrected chi connectivity index (χ3v) is 2.13. The number of carbonyl (C=O) groups excluding carboxylic acids is 1. The van der Waals surface area contributed by atoms with Crippen LogP contribution in [0.4, 0.5) is 0 Å². The first-order chi connectivity index (χ1) is 8.40. The average molecular weight is 296 g/mol. The Labute approximate surface area is 121 Å². The molecule has 0 saturated heterocycles. The zero-order chi connectivity index (χ0) is 14.0. The zero-order valence-corrected chi connectivity index (χ0v) is 12.7. The van der Waals surface area contributed by atoms with Crippen LogP contribution < -0.4 is 11.1 Å².